The summed E-state index contributed by atoms with van der Waals surface area (Å²) in [5.74, 6) is -2.94. The Labute approximate surface area is 165 Å². The van der Waals surface area contributed by atoms with Gasteiger partial charge in [-0.3, -0.25) is 30.3 Å². The Morgan fingerprint density at radius 1 is 0.800 bits per heavy atom. The molecule has 0 aromatic heterocycles. The van der Waals surface area contributed by atoms with Crippen molar-refractivity contribution in [2.24, 2.45) is 0 Å². The fourth-order valence-electron chi connectivity index (χ4n) is 1.16. The van der Waals surface area contributed by atoms with Crippen LogP contribution in [0.25, 0.3) is 0 Å². The first kappa shape index (κ1) is 21.8. The molecule has 0 aliphatic carbocycles. The number of aromatic hydroxyl groups is 2. The largest absolute Gasteiger partial charge is 1.00 e. The Hall–Kier alpha value is -0.500. The van der Waals surface area contributed by atoms with Crippen molar-refractivity contribution < 1.29 is 87.0 Å². The van der Waals surface area contributed by atoms with Gasteiger partial charge in [-0.25, -0.2) is 0 Å². The summed E-state index contributed by atoms with van der Waals surface area (Å²) in [6, 6.07) is 0. The molecule has 0 saturated heterocycles. The van der Waals surface area contributed by atoms with E-state index in [-0.39, 0.29) is 62.0 Å². The van der Waals surface area contributed by atoms with E-state index >= 15 is 0 Å². The van der Waals surface area contributed by atoms with Gasteiger partial charge in [-0.15, -0.1) is 0 Å². The third-order valence-corrected chi connectivity index (χ3v) is 2.61. The van der Waals surface area contributed by atoms with E-state index in [2.05, 4.69) is 15.9 Å². The number of phenolic OH excluding ortho intramolecular Hbond substituents is 2. The van der Waals surface area contributed by atoms with E-state index < -0.39 is 47.8 Å². The van der Waals surface area contributed by atoms with Gasteiger partial charge in [-0.05, 0) is 15.9 Å². The number of nitro benzene ring substituents is 3. The van der Waals surface area contributed by atoms with Gasteiger partial charge in [0, 0.05) is 0 Å². The van der Waals surface area contributed by atoms with Crippen LogP contribution in [0.1, 0.15) is 2.85 Å². The zero-order chi connectivity index (χ0) is 14.2. The number of nitro groups is 3. The molecule has 2 N–H and O–H groups in total. The predicted octanol–water partition coefficient (Wildman–Crippen LogP) is -4.18. The smallest absolute Gasteiger partial charge is 1.00 e. The molecule has 0 radical (unpaired) electrons. The van der Waals surface area contributed by atoms with Crippen molar-refractivity contribution in [3.63, 3.8) is 0 Å². The maximum atomic E-state index is 10.6. The Morgan fingerprint density at radius 3 is 1.25 bits per heavy atom. The summed E-state index contributed by atoms with van der Waals surface area (Å²) >= 11 is 2.44. The predicted molar refractivity (Wildman–Crippen MR) is 59.7 cm³/mol. The Morgan fingerprint density at radius 2 is 1.05 bits per heavy atom. The SMILES string of the molecule is O=[N+]([O-])c1c(O)c([N+](=O)[O-])c(Br)c([N+](=O)[O-])c1O.[H-].[H-].[Na+].[Na+]. The van der Waals surface area contributed by atoms with E-state index in [0.29, 0.717) is 0 Å². The van der Waals surface area contributed by atoms with Crippen LogP contribution in [-0.2, 0) is 0 Å². The second-order valence-corrected chi connectivity index (χ2v) is 3.62. The minimum Gasteiger partial charge on any atom is -1.00 e. The van der Waals surface area contributed by atoms with E-state index in [1.165, 1.54) is 0 Å². The minimum atomic E-state index is -1.50. The number of nitrogens with zero attached hydrogens (tertiary/aromatic N) is 3. The van der Waals surface area contributed by atoms with Crippen LogP contribution in [0.15, 0.2) is 4.47 Å². The zero-order valence-corrected chi connectivity index (χ0v) is 15.6. The number of hydrogen-bond donors (Lipinski definition) is 2. The van der Waals surface area contributed by atoms with Crippen LogP contribution in [0, 0.1) is 30.3 Å². The first-order valence-electron chi connectivity index (χ1n) is 3.90. The molecule has 0 fully saturated rings. The van der Waals surface area contributed by atoms with Gasteiger partial charge in [0.1, 0.15) is 0 Å². The molecule has 14 heteroatoms. The molecule has 0 aliphatic rings. The molecule has 0 unspecified atom stereocenters. The monoisotopic (exact) mass is 371 g/mol. The van der Waals surface area contributed by atoms with Gasteiger partial charge in [0.05, 0.1) is 14.8 Å². The van der Waals surface area contributed by atoms with Gasteiger partial charge >= 0.3 is 76.2 Å². The first-order valence-corrected chi connectivity index (χ1v) is 4.70. The van der Waals surface area contributed by atoms with Crippen molar-refractivity contribution >= 4 is 33.0 Å². The Balaban J connectivity index is -0.000000405. The van der Waals surface area contributed by atoms with Gasteiger partial charge in [0.2, 0.25) is 0 Å². The summed E-state index contributed by atoms with van der Waals surface area (Å²) in [5.41, 5.74) is -4.05. The second-order valence-electron chi connectivity index (χ2n) is 2.83. The summed E-state index contributed by atoms with van der Waals surface area (Å²) < 4.78 is -0.863. The average molecular weight is 372 g/mol. The molecule has 0 saturated carbocycles. The Bertz CT molecular complexity index is 502. The number of benzene rings is 1. The van der Waals surface area contributed by atoms with Crippen molar-refractivity contribution in [2.45, 2.75) is 0 Å². The Kier molecular flexibility index (Phi) is 8.79. The topological polar surface area (TPSA) is 170 Å². The van der Waals surface area contributed by atoms with Crippen LogP contribution in [0.2, 0.25) is 0 Å². The molecule has 100 valence electrons. The van der Waals surface area contributed by atoms with Crippen LogP contribution >= 0.6 is 15.9 Å². The summed E-state index contributed by atoms with van der Waals surface area (Å²) in [5, 5.41) is 50.3. The summed E-state index contributed by atoms with van der Waals surface area (Å²) in [6.07, 6.45) is 0. The van der Waals surface area contributed by atoms with Gasteiger partial charge in [0.15, 0.2) is 4.47 Å². The summed E-state index contributed by atoms with van der Waals surface area (Å²) in [4.78, 5) is 27.8. The van der Waals surface area contributed by atoms with Crippen molar-refractivity contribution in [3.05, 3.63) is 34.8 Å². The van der Waals surface area contributed by atoms with Crippen molar-refractivity contribution in [2.75, 3.05) is 0 Å². The molecule has 1 rings (SSSR count). The normalized spacial score (nSPS) is 9.05. The zero-order valence-electron chi connectivity index (χ0n) is 12.1. The fraction of sp³-hybridized carbons (Fsp3) is 0. The number of rotatable bonds is 3. The summed E-state index contributed by atoms with van der Waals surface area (Å²) in [6.45, 7) is 0. The number of phenols is 2. The van der Waals surface area contributed by atoms with Gasteiger partial charge in [0.25, 0.3) is 11.5 Å². The maximum absolute atomic E-state index is 10.6. The van der Waals surface area contributed by atoms with Crippen LogP contribution in [0.4, 0.5) is 17.1 Å². The molecule has 0 aliphatic heterocycles. The first-order chi connectivity index (χ1) is 8.20. The van der Waals surface area contributed by atoms with E-state index in [1.807, 2.05) is 0 Å². The van der Waals surface area contributed by atoms with Crippen LogP contribution < -0.4 is 59.1 Å². The molecule has 0 amide bonds. The maximum Gasteiger partial charge on any atom is 1.00 e. The molecule has 20 heavy (non-hydrogen) atoms. The van der Waals surface area contributed by atoms with Crippen LogP contribution in [-0.4, -0.2) is 25.0 Å². The second kappa shape index (κ2) is 8.07. The summed E-state index contributed by atoms with van der Waals surface area (Å²) in [7, 11) is 0. The molecule has 1 aromatic carbocycles. The third-order valence-electron chi connectivity index (χ3n) is 1.86. The standard InChI is InChI=1S/C6H2BrN3O8.2Na.2H/c7-1-2(8(13)14)5(11)4(10(17)18)6(12)3(1)9(15)16;;;;/h11-12H;;;;/q;2*+1;2*-1. The van der Waals surface area contributed by atoms with E-state index in [9.17, 15) is 40.6 Å². The number of hydrogen-bond acceptors (Lipinski definition) is 8. The van der Waals surface area contributed by atoms with Crippen molar-refractivity contribution in [1.29, 1.82) is 0 Å². The number of halogens is 1. The minimum absolute atomic E-state index is 0. The molecule has 1 aromatic rings. The molecule has 11 nitrogen and oxygen atoms in total. The van der Waals surface area contributed by atoms with Crippen LogP contribution in [0.5, 0.6) is 11.5 Å². The molecule has 0 spiro atoms. The third kappa shape index (κ3) is 3.78. The van der Waals surface area contributed by atoms with Crippen molar-refractivity contribution in [1.82, 2.24) is 0 Å². The quantitative estimate of drug-likeness (QED) is 0.306. The van der Waals surface area contributed by atoms with E-state index in [4.69, 9.17) is 0 Å². The van der Waals surface area contributed by atoms with Gasteiger partial charge in [-0.1, -0.05) is 0 Å². The van der Waals surface area contributed by atoms with E-state index in [1.54, 1.807) is 0 Å². The fourth-order valence-corrected chi connectivity index (χ4v) is 1.83. The van der Waals surface area contributed by atoms with E-state index in [0.717, 1.165) is 0 Å². The van der Waals surface area contributed by atoms with Gasteiger partial charge in [-0.2, -0.15) is 0 Å². The molecule has 0 bridgehead atoms. The molecular weight excluding hydrogens is 368 g/mol. The molecule has 0 heterocycles. The molecule has 0 atom stereocenters. The van der Waals surface area contributed by atoms with Gasteiger partial charge < -0.3 is 13.1 Å². The van der Waals surface area contributed by atoms with Crippen LogP contribution in [0.3, 0.4) is 0 Å². The average Bonchev–Trinajstić information content (AvgIpc) is 2.14. The molecular formula is C6H4BrN3Na2O8. The van der Waals surface area contributed by atoms with Crippen molar-refractivity contribution in [3.8, 4) is 11.5 Å².